The molecule has 0 aromatic rings. The van der Waals surface area contributed by atoms with Crippen LogP contribution in [0.5, 0.6) is 0 Å². The molecule has 0 aromatic carbocycles. The van der Waals surface area contributed by atoms with E-state index in [1.807, 2.05) is 0 Å². The number of amides is 1. The maximum Gasteiger partial charge on any atom is 0.403 e. The first-order chi connectivity index (χ1) is 6.82. The monoisotopic (exact) mass is 226 g/mol. The third-order valence-corrected chi connectivity index (χ3v) is 2.44. The van der Waals surface area contributed by atoms with Crippen LogP contribution < -0.4 is 5.73 Å². The SMILES string of the molecule is C[C@H](N1CCOC(C(N)=O)C1)C(F)(F)F. The minimum absolute atomic E-state index is 0.0913. The van der Waals surface area contributed by atoms with Crippen molar-refractivity contribution in [3.8, 4) is 0 Å². The van der Waals surface area contributed by atoms with Gasteiger partial charge in [0, 0.05) is 13.1 Å². The number of halogens is 3. The van der Waals surface area contributed by atoms with E-state index in [1.165, 1.54) is 0 Å². The zero-order chi connectivity index (χ0) is 11.6. The van der Waals surface area contributed by atoms with Crippen LogP contribution in [-0.4, -0.2) is 48.8 Å². The molecule has 1 amide bonds. The van der Waals surface area contributed by atoms with Gasteiger partial charge in [0.1, 0.15) is 12.1 Å². The number of primary amides is 1. The largest absolute Gasteiger partial charge is 0.403 e. The molecule has 88 valence electrons. The second-order valence-electron chi connectivity index (χ2n) is 3.47. The number of nitrogens with zero attached hydrogens (tertiary/aromatic N) is 1. The molecule has 0 spiro atoms. The summed E-state index contributed by atoms with van der Waals surface area (Å²) in [6, 6.07) is -1.58. The summed E-state index contributed by atoms with van der Waals surface area (Å²) < 4.78 is 42.0. The van der Waals surface area contributed by atoms with E-state index in [0.29, 0.717) is 0 Å². The van der Waals surface area contributed by atoms with Crippen molar-refractivity contribution in [3.05, 3.63) is 0 Å². The predicted molar refractivity (Wildman–Crippen MR) is 46.0 cm³/mol. The van der Waals surface area contributed by atoms with Crippen molar-refractivity contribution in [2.24, 2.45) is 5.73 Å². The Bertz CT molecular complexity index is 245. The van der Waals surface area contributed by atoms with Crippen LogP contribution >= 0.6 is 0 Å². The van der Waals surface area contributed by atoms with Gasteiger partial charge in [0.15, 0.2) is 0 Å². The van der Waals surface area contributed by atoms with Gasteiger partial charge in [-0.3, -0.25) is 9.69 Å². The lowest BCUT2D eigenvalue weighted by Crippen LogP contribution is -2.54. The van der Waals surface area contributed by atoms with Crippen molar-refractivity contribution in [2.45, 2.75) is 25.2 Å². The molecule has 1 saturated heterocycles. The van der Waals surface area contributed by atoms with E-state index >= 15 is 0 Å². The Morgan fingerprint density at radius 1 is 1.60 bits per heavy atom. The van der Waals surface area contributed by atoms with Gasteiger partial charge in [-0.15, -0.1) is 0 Å². The quantitative estimate of drug-likeness (QED) is 0.727. The molecule has 1 fully saturated rings. The van der Waals surface area contributed by atoms with E-state index in [4.69, 9.17) is 10.5 Å². The van der Waals surface area contributed by atoms with Gasteiger partial charge in [0.05, 0.1) is 6.61 Å². The normalized spacial score (nSPS) is 26.3. The lowest BCUT2D eigenvalue weighted by atomic mass is 10.2. The predicted octanol–water partition coefficient (Wildman–Crippen LogP) is 0.123. The first-order valence-corrected chi connectivity index (χ1v) is 4.54. The fraction of sp³-hybridized carbons (Fsp3) is 0.875. The van der Waals surface area contributed by atoms with Crippen LogP contribution in [0.3, 0.4) is 0 Å². The van der Waals surface area contributed by atoms with Crippen LogP contribution in [0.2, 0.25) is 0 Å². The third kappa shape index (κ3) is 3.07. The molecule has 1 unspecified atom stereocenters. The van der Waals surface area contributed by atoms with Gasteiger partial charge in [-0.05, 0) is 6.92 Å². The third-order valence-electron chi connectivity index (χ3n) is 2.44. The fourth-order valence-corrected chi connectivity index (χ4v) is 1.40. The van der Waals surface area contributed by atoms with Gasteiger partial charge < -0.3 is 10.5 Å². The smallest absolute Gasteiger partial charge is 0.367 e. The molecule has 0 saturated carbocycles. The summed E-state index contributed by atoms with van der Waals surface area (Å²) in [4.78, 5) is 11.9. The standard InChI is InChI=1S/C8H13F3N2O2/c1-5(8(9,10)11)13-2-3-15-6(4-13)7(12)14/h5-6H,2-4H2,1H3,(H2,12,14)/t5-,6?/m0/s1. The minimum atomic E-state index is -4.29. The number of carbonyl (C=O) groups is 1. The van der Waals surface area contributed by atoms with Crippen molar-refractivity contribution in [2.75, 3.05) is 19.7 Å². The van der Waals surface area contributed by atoms with Crippen molar-refractivity contribution in [3.63, 3.8) is 0 Å². The lowest BCUT2D eigenvalue weighted by Gasteiger charge is -2.36. The number of rotatable bonds is 2. The lowest BCUT2D eigenvalue weighted by molar-refractivity contribution is -0.193. The molecule has 1 aliphatic rings. The van der Waals surface area contributed by atoms with Crippen molar-refractivity contribution >= 4 is 5.91 Å². The van der Waals surface area contributed by atoms with E-state index in [-0.39, 0.29) is 19.7 Å². The first-order valence-electron chi connectivity index (χ1n) is 4.54. The van der Waals surface area contributed by atoms with E-state index in [1.54, 1.807) is 0 Å². The Morgan fingerprint density at radius 3 is 2.67 bits per heavy atom. The van der Waals surface area contributed by atoms with Crippen LogP contribution in [0.15, 0.2) is 0 Å². The summed E-state index contributed by atoms with van der Waals surface area (Å²) in [6.07, 6.45) is -5.23. The number of ether oxygens (including phenoxy) is 1. The molecule has 0 aliphatic carbocycles. The molecule has 0 aromatic heterocycles. The Labute approximate surface area is 85.2 Å². The molecule has 1 rings (SSSR count). The summed E-state index contributed by atoms with van der Waals surface area (Å²) in [5.41, 5.74) is 4.97. The van der Waals surface area contributed by atoms with Crippen molar-refractivity contribution in [1.82, 2.24) is 4.90 Å². The molecule has 7 heteroatoms. The second-order valence-corrected chi connectivity index (χ2v) is 3.47. The van der Waals surface area contributed by atoms with Gasteiger partial charge >= 0.3 is 6.18 Å². The maximum atomic E-state index is 12.4. The van der Waals surface area contributed by atoms with Gasteiger partial charge in [0.25, 0.3) is 0 Å². The highest BCUT2D eigenvalue weighted by Crippen LogP contribution is 2.25. The summed E-state index contributed by atoms with van der Waals surface area (Å²) in [7, 11) is 0. The number of morpholine rings is 1. The van der Waals surface area contributed by atoms with Crippen LogP contribution in [0.25, 0.3) is 0 Å². The van der Waals surface area contributed by atoms with E-state index < -0.39 is 24.2 Å². The second kappa shape index (κ2) is 4.36. The van der Waals surface area contributed by atoms with Gasteiger partial charge in [-0.2, -0.15) is 13.2 Å². The molecular formula is C8H13F3N2O2. The minimum Gasteiger partial charge on any atom is -0.367 e. The number of hydrogen-bond acceptors (Lipinski definition) is 3. The van der Waals surface area contributed by atoms with Crippen LogP contribution in [0.4, 0.5) is 13.2 Å². The average Bonchev–Trinajstić information content (AvgIpc) is 2.15. The average molecular weight is 226 g/mol. The number of hydrogen-bond donors (Lipinski definition) is 1. The van der Waals surface area contributed by atoms with E-state index in [9.17, 15) is 18.0 Å². The molecule has 1 heterocycles. The van der Waals surface area contributed by atoms with E-state index in [0.717, 1.165) is 11.8 Å². The Kier molecular flexibility index (Phi) is 3.56. The number of nitrogens with two attached hydrogens (primary N) is 1. The highest BCUT2D eigenvalue weighted by Gasteiger charge is 2.42. The highest BCUT2D eigenvalue weighted by molar-refractivity contribution is 5.79. The number of alkyl halides is 3. The number of carbonyl (C=O) groups excluding carboxylic acids is 1. The molecule has 4 nitrogen and oxygen atoms in total. The topological polar surface area (TPSA) is 55.6 Å². The first kappa shape index (κ1) is 12.3. The van der Waals surface area contributed by atoms with Gasteiger partial charge in [-0.1, -0.05) is 0 Å². The maximum absolute atomic E-state index is 12.4. The summed E-state index contributed by atoms with van der Waals surface area (Å²) in [5, 5.41) is 0. The molecule has 1 aliphatic heterocycles. The Balaban J connectivity index is 2.60. The van der Waals surface area contributed by atoms with Crippen molar-refractivity contribution in [1.29, 1.82) is 0 Å². The summed E-state index contributed by atoms with van der Waals surface area (Å²) in [5.74, 6) is -0.728. The molecular weight excluding hydrogens is 213 g/mol. The van der Waals surface area contributed by atoms with Crippen LogP contribution in [0, 0.1) is 0 Å². The highest BCUT2D eigenvalue weighted by atomic mass is 19.4. The molecule has 0 radical (unpaired) electrons. The molecule has 2 atom stereocenters. The van der Waals surface area contributed by atoms with Crippen LogP contribution in [0.1, 0.15) is 6.92 Å². The van der Waals surface area contributed by atoms with Crippen LogP contribution in [-0.2, 0) is 9.53 Å². The summed E-state index contributed by atoms with van der Waals surface area (Å²) in [6.45, 7) is 1.21. The Hall–Kier alpha value is -0.820. The zero-order valence-corrected chi connectivity index (χ0v) is 8.25. The Morgan fingerprint density at radius 2 is 2.20 bits per heavy atom. The summed E-state index contributed by atoms with van der Waals surface area (Å²) >= 11 is 0. The fourth-order valence-electron chi connectivity index (χ4n) is 1.40. The van der Waals surface area contributed by atoms with Gasteiger partial charge in [-0.25, -0.2) is 0 Å². The zero-order valence-electron chi connectivity index (χ0n) is 8.25. The van der Waals surface area contributed by atoms with Gasteiger partial charge in [0.2, 0.25) is 5.91 Å². The molecule has 2 N–H and O–H groups in total. The van der Waals surface area contributed by atoms with E-state index in [2.05, 4.69) is 0 Å². The molecule has 0 bridgehead atoms. The van der Waals surface area contributed by atoms with Crippen molar-refractivity contribution < 1.29 is 22.7 Å². The molecule has 15 heavy (non-hydrogen) atoms.